The molecule has 0 bridgehead atoms. The van der Waals surface area contributed by atoms with E-state index in [4.69, 9.17) is 10.2 Å². The zero-order valence-electron chi connectivity index (χ0n) is 12.0. The van der Waals surface area contributed by atoms with Crippen molar-refractivity contribution in [3.8, 4) is 0 Å². The third kappa shape index (κ3) is 5.86. The van der Waals surface area contributed by atoms with Crippen molar-refractivity contribution < 1.29 is 24.6 Å². The number of amides is 1. The van der Waals surface area contributed by atoms with Crippen molar-refractivity contribution >= 4 is 35.3 Å². The number of rotatable bonds is 5. The Morgan fingerprint density at radius 2 is 1.52 bits per heavy atom. The van der Waals surface area contributed by atoms with E-state index in [0.717, 1.165) is 6.07 Å². The summed E-state index contributed by atoms with van der Waals surface area (Å²) in [7, 11) is 0. The summed E-state index contributed by atoms with van der Waals surface area (Å²) in [4.78, 5) is 33.7. The Morgan fingerprint density at radius 1 is 1.05 bits per heavy atom. The number of thioether (sulfide) groups is 1. The van der Waals surface area contributed by atoms with E-state index in [-0.39, 0.29) is 33.2 Å². The molecule has 0 saturated heterocycles. The minimum atomic E-state index is -1.25. The molecule has 0 aliphatic carbocycles. The van der Waals surface area contributed by atoms with E-state index in [1.165, 1.54) is 23.9 Å². The summed E-state index contributed by atoms with van der Waals surface area (Å²) in [6.07, 6.45) is 0. The van der Waals surface area contributed by atoms with Crippen LogP contribution >= 0.6 is 11.8 Å². The smallest absolute Gasteiger partial charge is 0.335 e. The molecular formula is C14H17NO5S. The van der Waals surface area contributed by atoms with E-state index in [2.05, 4.69) is 5.32 Å². The lowest BCUT2D eigenvalue weighted by atomic mass is 10.1. The third-order valence-corrected chi connectivity index (χ3v) is 3.62. The zero-order valence-corrected chi connectivity index (χ0v) is 12.8. The zero-order chi connectivity index (χ0) is 16.2. The second-order valence-electron chi connectivity index (χ2n) is 5.36. The third-order valence-electron chi connectivity index (χ3n) is 2.35. The second kappa shape index (κ2) is 6.62. The van der Waals surface area contributed by atoms with Crippen LogP contribution in [0.15, 0.2) is 18.2 Å². The van der Waals surface area contributed by atoms with Crippen LogP contribution < -0.4 is 5.32 Å². The summed E-state index contributed by atoms with van der Waals surface area (Å²) >= 11 is 1.44. The first kappa shape index (κ1) is 17.0. The molecule has 0 fully saturated rings. The van der Waals surface area contributed by atoms with Gasteiger partial charge in [-0.3, -0.25) is 4.79 Å². The molecule has 0 aromatic heterocycles. The highest BCUT2D eigenvalue weighted by Gasteiger charge is 2.15. The fraction of sp³-hybridized carbons (Fsp3) is 0.357. The number of aromatic carboxylic acids is 2. The molecule has 6 nitrogen and oxygen atoms in total. The van der Waals surface area contributed by atoms with Crippen LogP contribution in [0.2, 0.25) is 0 Å². The first-order valence-electron chi connectivity index (χ1n) is 6.14. The van der Waals surface area contributed by atoms with Gasteiger partial charge >= 0.3 is 11.9 Å². The molecule has 1 aromatic rings. The monoisotopic (exact) mass is 311 g/mol. The van der Waals surface area contributed by atoms with Crippen LogP contribution in [0.25, 0.3) is 0 Å². The molecule has 0 saturated carbocycles. The van der Waals surface area contributed by atoms with Gasteiger partial charge in [0.05, 0.1) is 16.9 Å². The predicted molar refractivity (Wildman–Crippen MR) is 81.2 cm³/mol. The number of anilines is 1. The summed E-state index contributed by atoms with van der Waals surface area (Å²) in [6, 6.07) is 3.51. The normalized spacial score (nSPS) is 11.0. The predicted octanol–water partition coefficient (Wildman–Crippen LogP) is 2.55. The Hall–Kier alpha value is -2.02. The highest BCUT2D eigenvalue weighted by atomic mass is 32.2. The van der Waals surface area contributed by atoms with Crippen LogP contribution in [0, 0.1) is 0 Å². The van der Waals surface area contributed by atoms with E-state index in [1.807, 2.05) is 20.8 Å². The molecule has 1 aromatic carbocycles. The largest absolute Gasteiger partial charge is 0.478 e. The van der Waals surface area contributed by atoms with Gasteiger partial charge in [0.25, 0.3) is 0 Å². The average molecular weight is 311 g/mol. The van der Waals surface area contributed by atoms with Gasteiger partial charge in [0, 0.05) is 10.4 Å². The number of hydrogen-bond acceptors (Lipinski definition) is 4. The Labute approximate surface area is 126 Å². The quantitative estimate of drug-likeness (QED) is 0.772. The van der Waals surface area contributed by atoms with Crippen molar-refractivity contribution in [2.45, 2.75) is 25.5 Å². The molecule has 0 heterocycles. The topological polar surface area (TPSA) is 104 Å². The van der Waals surface area contributed by atoms with Crippen molar-refractivity contribution in [1.29, 1.82) is 0 Å². The van der Waals surface area contributed by atoms with Crippen LogP contribution in [-0.2, 0) is 4.79 Å². The summed E-state index contributed by atoms with van der Waals surface area (Å²) in [5.41, 5.74) is -0.214. The maximum atomic E-state index is 11.8. The van der Waals surface area contributed by atoms with Crippen molar-refractivity contribution in [3.63, 3.8) is 0 Å². The molecule has 21 heavy (non-hydrogen) atoms. The Kier molecular flexibility index (Phi) is 5.37. The summed E-state index contributed by atoms with van der Waals surface area (Å²) < 4.78 is -0.0769. The van der Waals surface area contributed by atoms with Crippen LogP contribution in [0.3, 0.4) is 0 Å². The molecule has 0 atom stereocenters. The van der Waals surface area contributed by atoms with Gasteiger partial charge in [0.1, 0.15) is 0 Å². The van der Waals surface area contributed by atoms with Crippen molar-refractivity contribution in [1.82, 2.24) is 0 Å². The van der Waals surface area contributed by atoms with E-state index in [1.54, 1.807) is 0 Å². The Balaban J connectivity index is 2.89. The van der Waals surface area contributed by atoms with Gasteiger partial charge in [-0.2, -0.15) is 0 Å². The van der Waals surface area contributed by atoms with Crippen molar-refractivity contribution in [2.24, 2.45) is 0 Å². The molecule has 1 rings (SSSR count). The standard InChI is InChI=1S/C14H17NO5S/c1-14(2,3)21-7-11(16)15-10-5-8(12(17)18)4-9(6-10)13(19)20/h4-6H,7H2,1-3H3,(H,15,16)(H,17,18)(H,19,20). The first-order valence-corrected chi connectivity index (χ1v) is 7.12. The van der Waals surface area contributed by atoms with Crippen LogP contribution in [0.1, 0.15) is 41.5 Å². The fourth-order valence-electron chi connectivity index (χ4n) is 1.43. The Bertz CT molecular complexity index is 545. The molecular weight excluding hydrogens is 294 g/mol. The molecule has 0 radical (unpaired) electrons. The van der Waals surface area contributed by atoms with Crippen molar-refractivity contribution in [3.05, 3.63) is 29.3 Å². The molecule has 0 aliphatic rings. The van der Waals surface area contributed by atoms with Gasteiger partial charge in [-0.25, -0.2) is 9.59 Å². The molecule has 1 amide bonds. The van der Waals surface area contributed by atoms with Gasteiger partial charge in [-0.05, 0) is 18.2 Å². The molecule has 0 spiro atoms. The molecule has 7 heteroatoms. The summed E-state index contributed by atoms with van der Waals surface area (Å²) in [5.74, 6) is -2.62. The maximum Gasteiger partial charge on any atom is 0.335 e. The highest BCUT2D eigenvalue weighted by Crippen LogP contribution is 2.23. The van der Waals surface area contributed by atoms with Gasteiger partial charge < -0.3 is 15.5 Å². The second-order valence-corrected chi connectivity index (χ2v) is 7.16. The summed E-state index contributed by atoms with van der Waals surface area (Å²) in [6.45, 7) is 5.91. The van der Waals surface area contributed by atoms with Gasteiger partial charge in [0.2, 0.25) is 5.91 Å². The van der Waals surface area contributed by atoms with Gasteiger partial charge in [-0.1, -0.05) is 20.8 Å². The van der Waals surface area contributed by atoms with Gasteiger partial charge in [-0.15, -0.1) is 11.8 Å². The van der Waals surface area contributed by atoms with E-state index < -0.39 is 11.9 Å². The van der Waals surface area contributed by atoms with Crippen LogP contribution in [0.4, 0.5) is 5.69 Å². The van der Waals surface area contributed by atoms with Crippen LogP contribution in [-0.4, -0.2) is 38.6 Å². The molecule has 0 aliphatic heterocycles. The number of nitrogens with one attached hydrogen (secondary N) is 1. The van der Waals surface area contributed by atoms with E-state index >= 15 is 0 Å². The number of carboxylic acid groups (broad SMARTS) is 2. The number of carbonyl (C=O) groups excluding carboxylic acids is 1. The maximum absolute atomic E-state index is 11.8. The molecule has 0 unspecified atom stereocenters. The van der Waals surface area contributed by atoms with Crippen molar-refractivity contribution in [2.75, 3.05) is 11.1 Å². The van der Waals surface area contributed by atoms with Gasteiger partial charge in [0.15, 0.2) is 0 Å². The SMILES string of the molecule is CC(C)(C)SCC(=O)Nc1cc(C(=O)O)cc(C(=O)O)c1. The minimum absolute atomic E-state index is 0.0769. The molecule has 114 valence electrons. The first-order chi connectivity index (χ1) is 9.58. The van der Waals surface area contributed by atoms with E-state index in [0.29, 0.717) is 0 Å². The lowest BCUT2D eigenvalue weighted by Crippen LogP contribution is -2.19. The van der Waals surface area contributed by atoms with Crippen LogP contribution in [0.5, 0.6) is 0 Å². The lowest BCUT2D eigenvalue weighted by molar-refractivity contribution is -0.113. The average Bonchev–Trinajstić information content (AvgIpc) is 2.35. The fourth-order valence-corrected chi connectivity index (χ4v) is 2.06. The minimum Gasteiger partial charge on any atom is -0.478 e. The number of hydrogen-bond donors (Lipinski definition) is 3. The molecule has 3 N–H and O–H groups in total. The number of carbonyl (C=O) groups is 3. The number of benzene rings is 1. The Morgan fingerprint density at radius 3 is 1.90 bits per heavy atom. The lowest BCUT2D eigenvalue weighted by Gasteiger charge is -2.17. The number of carboxylic acids is 2. The van der Waals surface area contributed by atoms with E-state index in [9.17, 15) is 14.4 Å². The summed E-state index contributed by atoms with van der Waals surface area (Å²) in [5, 5.41) is 20.4. The highest BCUT2D eigenvalue weighted by molar-refractivity contribution is 8.01.